The van der Waals surface area contributed by atoms with Crippen LogP contribution in [0.2, 0.25) is 0 Å². The minimum atomic E-state index is -0.353. The Labute approximate surface area is 155 Å². The molecule has 0 spiro atoms. The molecule has 0 bridgehead atoms. The van der Waals surface area contributed by atoms with Crippen molar-refractivity contribution >= 4 is 55.6 Å². The van der Waals surface area contributed by atoms with Crippen molar-refractivity contribution in [3.05, 3.63) is 74.7 Å². The molecule has 7 heteroatoms. The lowest BCUT2D eigenvalue weighted by molar-refractivity contribution is 0.627. The van der Waals surface area contributed by atoms with E-state index in [1.54, 1.807) is 29.5 Å². The van der Waals surface area contributed by atoms with Crippen LogP contribution in [0.15, 0.2) is 52.0 Å². The quantitative estimate of drug-likeness (QED) is 0.497. The first-order valence-electron chi connectivity index (χ1n) is 7.30. The number of rotatable bonds is 3. The molecule has 0 saturated heterocycles. The van der Waals surface area contributed by atoms with E-state index in [0.717, 1.165) is 10.4 Å². The highest BCUT2D eigenvalue weighted by Crippen LogP contribution is 2.34. The normalized spacial score (nSPS) is 12.0. The lowest BCUT2D eigenvalue weighted by Gasteiger charge is -2.01. The summed E-state index contributed by atoms with van der Waals surface area (Å²) in [5.74, 6) is -0.0861. The molecule has 124 valence electrons. The van der Waals surface area contributed by atoms with E-state index in [1.165, 1.54) is 23.5 Å². The van der Waals surface area contributed by atoms with Crippen molar-refractivity contribution in [1.82, 2.24) is 9.97 Å². The van der Waals surface area contributed by atoms with Gasteiger partial charge >= 0.3 is 0 Å². The molecule has 0 aliphatic carbocycles. The Hall–Kier alpha value is -2.28. The van der Waals surface area contributed by atoms with Crippen LogP contribution in [0, 0.1) is 5.82 Å². The van der Waals surface area contributed by atoms with Crippen LogP contribution in [-0.4, -0.2) is 9.97 Å². The minimum absolute atomic E-state index is 0.240. The molecule has 3 aromatic heterocycles. The number of nitrogens with one attached hydrogen (secondary N) is 1. The summed E-state index contributed by atoms with van der Waals surface area (Å²) < 4.78 is 13.3. The van der Waals surface area contributed by atoms with Crippen molar-refractivity contribution < 1.29 is 4.39 Å². The number of H-pyrrole nitrogens is 1. The van der Waals surface area contributed by atoms with Crippen LogP contribution in [0.25, 0.3) is 31.8 Å². The summed E-state index contributed by atoms with van der Waals surface area (Å²) in [4.78, 5) is 21.4. The van der Waals surface area contributed by atoms with Crippen LogP contribution >= 0.6 is 34.3 Å². The summed E-state index contributed by atoms with van der Waals surface area (Å²) in [6, 6.07) is 9.95. The second kappa shape index (κ2) is 6.55. The zero-order valence-corrected chi connectivity index (χ0v) is 15.0. The second-order valence-corrected chi connectivity index (χ2v) is 7.48. The first-order valence-corrected chi connectivity index (χ1v) is 9.44. The van der Waals surface area contributed by atoms with Gasteiger partial charge < -0.3 is 4.98 Å². The Morgan fingerprint density at radius 3 is 2.88 bits per heavy atom. The third kappa shape index (κ3) is 3.16. The van der Waals surface area contributed by atoms with E-state index in [1.807, 2.05) is 22.9 Å². The molecule has 4 rings (SSSR count). The van der Waals surface area contributed by atoms with E-state index in [4.69, 9.17) is 11.6 Å². The summed E-state index contributed by atoms with van der Waals surface area (Å²) in [6.07, 6.45) is 1.57. The SMILES string of the molecule is O=c1[nH]c(/C(Cl)=C/c2cccc(F)c2)nc2scc(-c3cccs3)c12. The van der Waals surface area contributed by atoms with Gasteiger partial charge in [-0.05, 0) is 35.2 Å². The molecule has 0 unspecified atom stereocenters. The first kappa shape index (κ1) is 16.2. The third-order valence-electron chi connectivity index (χ3n) is 3.60. The van der Waals surface area contributed by atoms with Crippen LogP contribution in [-0.2, 0) is 0 Å². The maximum atomic E-state index is 13.3. The van der Waals surface area contributed by atoms with Gasteiger partial charge in [0, 0.05) is 15.8 Å². The van der Waals surface area contributed by atoms with Gasteiger partial charge in [0.2, 0.25) is 0 Å². The topological polar surface area (TPSA) is 45.8 Å². The van der Waals surface area contributed by atoms with Crippen molar-refractivity contribution in [1.29, 1.82) is 0 Å². The molecule has 0 fully saturated rings. The first-order chi connectivity index (χ1) is 12.1. The molecule has 3 heterocycles. The van der Waals surface area contributed by atoms with Crippen LogP contribution < -0.4 is 5.56 Å². The monoisotopic (exact) mass is 388 g/mol. The van der Waals surface area contributed by atoms with Gasteiger partial charge in [0.25, 0.3) is 5.56 Å². The molecular weight excluding hydrogens is 379 g/mol. The van der Waals surface area contributed by atoms with Crippen molar-refractivity contribution in [3.63, 3.8) is 0 Å². The number of nitrogens with zero attached hydrogens (tertiary/aromatic N) is 1. The van der Waals surface area contributed by atoms with Crippen LogP contribution in [0.3, 0.4) is 0 Å². The summed E-state index contributed by atoms with van der Waals surface area (Å²) in [5, 5.41) is 4.70. The van der Waals surface area contributed by atoms with Crippen LogP contribution in [0.5, 0.6) is 0 Å². The molecular formula is C18H10ClFN2OS2. The van der Waals surface area contributed by atoms with Crippen LogP contribution in [0.4, 0.5) is 4.39 Å². The number of thiophene rings is 2. The second-order valence-electron chi connectivity index (χ2n) is 5.27. The average Bonchev–Trinajstić information content (AvgIpc) is 3.23. The van der Waals surface area contributed by atoms with Gasteiger partial charge in [-0.25, -0.2) is 9.37 Å². The average molecular weight is 389 g/mol. The summed E-state index contributed by atoms with van der Waals surface area (Å²) >= 11 is 9.25. The number of halogens is 2. The number of hydrogen-bond donors (Lipinski definition) is 1. The Morgan fingerprint density at radius 1 is 1.24 bits per heavy atom. The van der Waals surface area contributed by atoms with Crippen LogP contribution in [0.1, 0.15) is 11.4 Å². The van der Waals surface area contributed by atoms with Gasteiger partial charge in [-0.2, -0.15) is 0 Å². The van der Waals surface area contributed by atoms with E-state index in [9.17, 15) is 9.18 Å². The highest BCUT2D eigenvalue weighted by Gasteiger charge is 2.14. The lowest BCUT2D eigenvalue weighted by Crippen LogP contribution is -2.10. The standard InChI is InChI=1S/C18H10ClFN2OS2/c19-13(8-10-3-1-4-11(20)7-10)16-21-17(23)15-12(9-25-18(15)22-16)14-5-2-6-24-14/h1-9H,(H,21,22,23)/b13-8-. The van der Waals surface area contributed by atoms with Gasteiger partial charge in [-0.15, -0.1) is 22.7 Å². The Balaban J connectivity index is 1.81. The predicted octanol–water partition coefficient (Wildman–Crippen LogP) is 5.59. The van der Waals surface area contributed by atoms with Gasteiger partial charge in [-0.1, -0.05) is 29.8 Å². The molecule has 0 aliphatic rings. The molecule has 25 heavy (non-hydrogen) atoms. The van der Waals surface area contributed by atoms with Gasteiger partial charge in [0.05, 0.1) is 10.4 Å². The fourth-order valence-corrected chi connectivity index (χ4v) is 4.46. The molecule has 0 amide bonds. The maximum Gasteiger partial charge on any atom is 0.260 e. The Kier molecular flexibility index (Phi) is 4.25. The molecule has 0 atom stereocenters. The van der Waals surface area contributed by atoms with E-state index in [0.29, 0.717) is 15.8 Å². The van der Waals surface area contributed by atoms with Gasteiger partial charge in [0.15, 0.2) is 5.82 Å². The molecule has 0 aliphatic heterocycles. The van der Waals surface area contributed by atoms with Crippen molar-refractivity contribution in [2.24, 2.45) is 0 Å². The van der Waals surface area contributed by atoms with Crippen molar-refractivity contribution in [2.75, 3.05) is 0 Å². The van der Waals surface area contributed by atoms with Crippen molar-refractivity contribution in [2.45, 2.75) is 0 Å². The Morgan fingerprint density at radius 2 is 2.12 bits per heavy atom. The number of fused-ring (bicyclic) bond motifs is 1. The van der Waals surface area contributed by atoms with Gasteiger partial charge in [-0.3, -0.25) is 4.79 Å². The molecule has 3 nitrogen and oxygen atoms in total. The number of benzene rings is 1. The number of hydrogen-bond acceptors (Lipinski definition) is 4. The van der Waals surface area contributed by atoms with Crippen molar-refractivity contribution in [3.8, 4) is 10.4 Å². The zero-order valence-electron chi connectivity index (χ0n) is 12.6. The molecule has 0 saturated carbocycles. The lowest BCUT2D eigenvalue weighted by atomic mass is 10.2. The molecule has 0 radical (unpaired) electrons. The highest BCUT2D eigenvalue weighted by atomic mass is 35.5. The zero-order chi connectivity index (χ0) is 17.4. The molecule has 1 aromatic carbocycles. The Bertz CT molecular complexity index is 1150. The minimum Gasteiger partial charge on any atom is -0.305 e. The van der Waals surface area contributed by atoms with Gasteiger partial charge in [0.1, 0.15) is 10.6 Å². The third-order valence-corrected chi connectivity index (χ3v) is 5.66. The van der Waals surface area contributed by atoms with E-state index < -0.39 is 0 Å². The summed E-state index contributed by atoms with van der Waals surface area (Å²) in [5.41, 5.74) is 1.23. The van der Waals surface area contributed by atoms with E-state index >= 15 is 0 Å². The highest BCUT2D eigenvalue weighted by molar-refractivity contribution is 7.18. The molecule has 1 N–H and O–H groups in total. The molecule has 4 aromatic rings. The number of aromatic nitrogens is 2. The fourth-order valence-electron chi connectivity index (χ4n) is 2.49. The summed E-state index contributed by atoms with van der Waals surface area (Å²) in [7, 11) is 0. The fraction of sp³-hybridized carbons (Fsp3) is 0. The smallest absolute Gasteiger partial charge is 0.260 e. The van der Waals surface area contributed by atoms with E-state index in [-0.39, 0.29) is 22.2 Å². The maximum absolute atomic E-state index is 13.3. The predicted molar refractivity (Wildman–Crippen MR) is 104 cm³/mol. The van der Waals surface area contributed by atoms with E-state index in [2.05, 4.69) is 9.97 Å². The summed E-state index contributed by atoms with van der Waals surface area (Å²) in [6.45, 7) is 0. The number of aromatic amines is 1. The largest absolute Gasteiger partial charge is 0.305 e.